The van der Waals surface area contributed by atoms with Crippen molar-refractivity contribution in [2.45, 2.75) is 77.4 Å². The molecule has 1 unspecified atom stereocenters. The zero-order valence-electron chi connectivity index (χ0n) is 16.2. The molecule has 142 valence electrons. The number of unbranched alkanes of at least 4 members (excludes halogenated alkanes) is 6. The summed E-state index contributed by atoms with van der Waals surface area (Å²) in [6.07, 6.45) is 9.12. The molecule has 6 heteroatoms. The third-order valence-corrected chi connectivity index (χ3v) is 7.02. The lowest BCUT2D eigenvalue weighted by atomic mass is 10.1. The minimum atomic E-state index is -2.38. The van der Waals surface area contributed by atoms with Crippen molar-refractivity contribution in [3.8, 4) is 0 Å². The van der Waals surface area contributed by atoms with Gasteiger partial charge in [0.25, 0.3) is 0 Å². The summed E-state index contributed by atoms with van der Waals surface area (Å²) in [5.74, 6) is -0.287. The van der Waals surface area contributed by atoms with Crippen molar-refractivity contribution in [2.75, 3.05) is 21.3 Å². The zero-order valence-corrected chi connectivity index (χ0v) is 17.2. The molecule has 0 spiro atoms. The molecule has 0 N–H and O–H groups in total. The Morgan fingerprint density at radius 1 is 0.917 bits per heavy atom. The highest BCUT2D eigenvalue weighted by Gasteiger charge is 2.36. The van der Waals surface area contributed by atoms with Crippen molar-refractivity contribution >= 4 is 14.8 Å². The van der Waals surface area contributed by atoms with Gasteiger partial charge in [0.15, 0.2) is 0 Å². The van der Waals surface area contributed by atoms with E-state index in [1.54, 1.807) is 28.3 Å². The first-order valence-corrected chi connectivity index (χ1v) is 10.9. The number of carbonyl (C=O) groups excluding carboxylic acids is 1. The number of esters is 1. The van der Waals surface area contributed by atoms with Crippen molar-refractivity contribution in [2.24, 2.45) is 0 Å². The summed E-state index contributed by atoms with van der Waals surface area (Å²) in [5, 5.41) is 0. The SMILES string of the molecule is C=C(C)C(=O)OC(C)CCCCCCCCC[Si](OC)(OC)OC. The molecule has 0 radical (unpaired) electrons. The average Bonchev–Trinajstić information content (AvgIpc) is 2.57. The van der Waals surface area contributed by atoms with Gasteiger partial charge in [-0.15, -0.1) is 0 Å². The lowest BCUT2D eigenvalue weighted by molar-refractivity contribution is -0.143. The second kappa shape index (κ2) is 13.6. The van der Waals surface area contributed by atoms with Crippen LogP contribution >= 0.6 is 0 Å². The van der Waals surface area contributed by atoms with Gasteiger partial charge in [0.1, 0.15) is 0 Å². The maximum absolute atomic E-state index is 11.4. The van der Waals surface area contributed by atoms with E-state index in [1.807, 2.05) is 6.92 Å². The summed E-state index contributed by atoms with van der Waals surface area (Å²) >= 11 is 0. The van der Waals surface area contributed by atoms with E-state index in [4.69, 9.17) is 18.0 Å². The Hall–Kier alpha value is -0.693. The molecule has 0 fully saturated rings. The number of carbonyl (C=O) groups is 1. The number of rotatable bonds is 15. The Morgan fingerprint density at radius 2 is 1.38 bits per heavy atom. The molecule has 0 bridgehead atoms. The van der Waals surface area contributed by atoms with Gasteiger partial charge in [0.2, 0.25) is 0 Å². The van der Waals surface area contributed by atoms with E-state index < -0.39 is 8.80 Å². The van der Waals surface area contributed by atoms with Crippen LogP contribution in [0.4, 0.5) is 0 Å². The molecule has 0 heterocycles. The van der Waals surface area contributed by atoms with Crippen LogP contribution in [0, 0.1) is 0 Å². The van der Waals surface area contributed by atoms with E-state index in [0.29, 0.717) is 5.57 Å². The van der Waals surface area contributed by atoms with E-state index in [0.717, 1.165) is 25.3 Å². The third-order valence-electron chi connectivity index (χ3n) is 4.18. The van der Waals surface area contributed by atoms with Gasteiger partial charge in [0, 0.05) is 32.9 Å². The van der Waals surface area contributed by atoms with Gasteiger partial charge in [-0.25, -0.2) is 4.79 Å². The van der Waals surface area contributed by atoms with Crippen LogP contribution in [0.2, 0.25) is 6.04 Å². The first kappa shape index (κ1) is 23.3. The van der Waals surface area contributed by atoms with Crippen LogP contribution in [0.3, 0.4) is 0 Å². The van der Waals surface area contributed by atoms with Crippen LogP contribution < -0.4 is 0 Å². The van der Waals surface area contributed by atoms with Crippen LogP contribution in [0.25, 0.3) is 0 Å². The normalized spacial score (nSPS) is 12.9. The molecular formula is C18H36O5Si. The van der Waals surface area contributed by atoms with Gasteiger partial charge < -0.3 is 18.0 Å². The van der Waals surface area contributed by atoms with Gasteiger partial charge >= 0.3 is 14.8 Å². The molecule has 0 aliphatic rings. The molecule has 0 aromatic carbocycles. The number of ether oxygens (including phenoxy) is 1. The molecule has 24 heavy (non-hydrogen) atoms. The molecule has 0 amide bonds. The van der Waals surface area contributed by atoms with E-state index in [-0.39, 0.29) is 12.1 Å². The van der Waals surface area contributed by atoms with Crippen LogP contribution in [-0.4, -0.2) is 42.2 Å². The summed E-state index contributed by atoms with van der Waals surface area (Å²) < 4.78 is 21.5. The van der Waals surface area contributed by atoms with E-state index in [2.05, 4.69) is 6.58 Å². The standard InChI is InChI=1S/C18H36O5Si/c1-16(2)18(19)23-17(3)14-12-10-8-7-9-11-13-15-24(20-4,21-5)22-6/h17H,1,7-15H2,2-6H3. The molecule has 0 aromatic rings. The largest absolute Gasteiger partial charge is 0.500 e. The Kier molecular flexibility index (Phi) is 13.2. The minimum absolute atomic E-state index is 0.0237. The molecule has 1 atom stereocenters. The molecule has 0 aromatic heterocycles. The lowest BCUT2D eigenvalue weighted by Gasteiger charge is -2.24. The maximum Gasteiger partial charge on any atom is 0.500 e. The van der Waals surface area contributed by atoms with Gasteiger partial charge in [-0.1, -0.05) is 38.7 Å². The molecule has 0 rings (SSSR count). The predicted molar refractivity (Wildman–Crippen MR) is 98.9 cm³/mol. The summed E-state index contributed by atoms with van der Waals surface area (Å²) in [4.78, 5) is 11.4. The van der Waals surface area contributed by atoms with E-state index in [9.17, 15) is 4.79 Å². The highest BCUT2D eigenvalue weighted by Crippen LogP contribution is 2.18. The Labute approximate surface area is 149 Å². The average molecular weight is 361 g/mol. The topological polar surface area (TPSA) is 54.0 Å². The summed E-state index contributed by atoms with van der Waals surface area (Å²) in [5.41, 5.74) is 0.462. The van der Waals surface area contributed by atoms with Crippen LogP contribution in [0.15, 0.2) is 12.2 Å². The Morgan fingerprint density at radius 3 is 1.83 bits per heavy atom. The van der Waals surface area contributed by atoms with Crippen molar-refractivity contribution in [1.29, 1.82) is 0 Å². The third kappa shape index (κ3) is 10.2. The van der Waals surface area contributed by atoms with Crippen molar-refractivity contribution in [1.82, 2.24) is 0 Å². The second-order valence-electron chi connectivity index (χ2n) is 6.31. The first-order chi connectivity index (χ1) is 11.4. The second-order valence-corrected chi connectivity index (χ2v) is 9.40. The van der Waals surface area contributed by atoms with Crippen molar-refractivity contribution in [3.05, 3.63) is 12.2 Å². The van der Waals surface area contributed by atoms with Crippen molar-refractivity contribution in [3.63, 3.8) is 0 Å². The predicted octanol–water partition coefficient (Wildman–Crippen LogP) is 4.49. The molecule has 0 saturated heterocycles. The Balaban J connectivity index is 3.55. The minimum Gasteiger partial charge on any atom is -0.459 e. The lowest BCUT2D eigenvalue weighted by Crippen LogP contribution is -2.42. The highest BCUT2D eigenvalue weighted by molar-refractivity contribution is 6.60. The smallest absolute Gasteiger partial charge is 0.459 e. The summed E-state index contributed by atoms with van der Waals surface area (Å²) in [6, 6.07) is 0.877. The highest BCUT2D eigenvalue weighted by atomic mass is 28.4. The van der Waals surface area contributed by atoms with E-state index in [1.165, 1.54) is 32.1 Å². The molecule has 5 nitrogen and oxygen atoms in total. The maximum atomic E-state index is 11.4. The molecule has 0 aliphatic carbocycles. The monoisotopic (exact) mass is 360 g/mol. The number of hydrogen-bond acceptors (Lipinski definition) is 5. The van der Waals surface area contributed by atoms with Crippen LogP contribution in [0.5, 0.6) is 0 Å². The fourth-order valence-corrected chi connectivity index (χ4v) is 4.35. The zero-order chi connectivity index (χ0) is 18.4. The van der Waals surface area contributed by atoms with Crippen LogP contribution in [0.1, 0.15) is 65.2 Å². The van der Waals surface area contributed by atoms with Gasteiger partial charge in [-0.05, 0) is 33.1 Å². The fourth-order valence-electron chi connectivity index (χ4n) is 2.56. The molecule has 0 saturated carbocycles. The van der Waals surface area contributed by atoms with E-state index >= 15 is 0 Å². The summed E-state index contributed by atoms with van der Waals surface area (Å²) in [7, 11) is 2.60. The van der Waals surface area contributed by atoms with Crippen LogP contribution in [-0.2, 0) is 22.8 Å². The van der Waals surface area contributed by atoms with Gasteiger partial charge in [-0.2, -0.15) is 0 Å². The molecular weight excluding hydrogens is 324 g/mol. The Bertz CT molecular complexity index is 347. The quantitative estimate of drug-likeness (QED) is 0.186. The summed E-state index contributed by atoms with van der Waals surface area (Å²) in [6.45, 7) is 7.21. The molecule has 0 aliphatic heterocycles. The first-order valence-electron chi connectivity index (χ1n) is 8.92. The fraction of sp³-hybridized carbons (Fsp3) is 0.833. The van der Waals surface area contributed by atoms with Crippen molar-refractivity contribution < 1.29 is 22.8 Å². The number of hydrogen-bond donors (Lipinski definition) is 0. The van der Waals surface area contributed by atoms with Gasteiger partial charge in [0.05, 0.1) is 6.10 Å². The van der Waals surface area contributed by atoms with Gasteiger partial charge in [-0.3, -0.25) is 0 Å².